The summed E-state index contributed by atoms with van der Waals surface area (Å²) >= 11 is 0. The molecule has 0 spiro atoms. The SMILES string of the molecule is O=c1c(NCCNc2cc(N3CCCC3)nc(N3CCCC3)n2)c(Nc2ccc(O)cc2)c1=O. The minimum absolute atomic E-state index is 0.130. The van der Waals surface area contributed by atoms with Gasteiger partial charge in [0.2, 0.25) is 5.95 Å². The summed E-state index contributed by atoms with van der Waals surface area (Å²) in [6.07, 6.45) is 4.68. The molecule has 0 bridgehead atoms. The number of anilines is 6. The number of aromatic nitrogens is 2. The summed E-state index contributed by atoms with van der Waals surface area (Å²) in [5.74, 6) is 2.60. The molecule has 0 aliphatic carbocycles. The van der Waals surface area contributed by atoms with Gasteiger partial charge in [-0.15, -0.1) is 0 Å². The summed E-state index contributed by atoms with van der Waals surface area (Å²) in [5, 5.41) is 18.8. The zero-order valence-corrected chi connectivity index (χ0v) is 19.0. The van der Waals surface area contributed by atoms with Gasteiger partial charge in [-0.3, -0.25) is 9.59 Å². The molecule has 1 aromatic heterocycles. The third kappa shape index (κ3) is 4.61. The maximum absolute atomic E-state index is 12.1. The molecule has 0 atom stereocenters. The second-order valence-electron chi connectivity index (χ2n) is 8.73. The lowest BCUT2D eigenvalue weighted by atomic mass is 10.1. The van der Waals surface area contributed by atoms with Crippen LogP contribution in [0.5, 0.6) is 5.75 Å². The highest BCUT2D eigenvalue weighted by molar-refractivity contribution is 5.78. The van der Waals surface area contributed by atoms with E-state index in [9.17, 15) is 14.7 Å². The normalized spacial score (nSPS) is 15.8. The van der Waals surface area contributed by atoms with Gasteiger partial charge in [0.25, 0.3) is 10.9 Å². The number of hydrogen-bond acceptors (Lipinski definition) is 10. The molecule has 3 heterocycles. The monoisotopic (exact) mass is 463 g/mol. The van der Waals surface area contributed by atoms with E-state index < -0.39 is 10.9 Å². The molecule has 10 nitrogen and oxygen atoms in total. The molecule has 2 fully saturated rings. The zero-order chi connectivity index (χ0) is 23.5. The maximum atomic E-state index is 12.1. The maximum Gasteiger partial charge on any atom is 0.253 e. The molecule has 10 heteroatoms. The van der Waals surface area contributed by atoms with Gasteiger partial charge in [-0.05, 0) is 49.9 Å². The van der Waals surface area contributed by atoms with Gasteiger partial charge >= 0.3 is 0 Å². The first kappa shape index (κ1) is 22.0. The van der Waals surface area contributed by atoms with Gasteiger partial charge in [-0.2, -0.15) is 9.97 Å². The highest BCUT2D eigenvalue weighted by Crippen LogP contribution is 2.26. The van der Waals surface area contributed by atoms with Crippen LogP contribution in [0.3, 0.4) is 0 Å². The molecule has 2 saturated heterocycles. The van der Waals surface area contributed by atoms with Crippen LogP contribution in [0, 0.1) is 0 Å². The third-order valence-electron chi connectivity index (χ3n) is 6.30. The van der Waals surface area contributed by atoms with Crippen LogP contribution in [-0.2, 0) is 0 Å². The molecule has 2 aliphatic heterocycles. The van der Waals surface area contributed by atoms with Gasteiger partial charge in [-0.25, -0.2) is 0 Å². The summed E-state index contributed by atoms with van der Waals surface area (Å²) < 4.78 is 0. The number of phenols is 1. The molecule has 0 amide bonds. The lowest BCUT2D eigenvalue weighted by Gasteiger charge is -2.22. The Morgan fingerprint density at radius 3 is 2.12 bits per heavy atom. The summed E-state index contributed by atoms with van der Waals surface area (Å²) in [6.45, 7) is 4.94. The minimum Gasteiger partial charge on any atom is -0.508 e. The lowest BCUT2D eigenvalue weighted by molar-refractivity contribution is 0.475. The third-order valence-corrected chi connectivity index (χ3v) is 6.30. The number of aromatic hydroxyl groups is 1. The van der Waals surface area contributed by atoms with Gasteiger partial charge in [0.05, 0.1) is 0 Å². The predicted octanol–water partition coefficient (Wildman–Crippen LogP) is 2.25. The molecule has 5 rings (SSSR count). The van der Waals surface area contributed by atoms with Crippen molar-refractivity contribution in [2.75, 3.05) is 65.0 Å². The van der Waals surface area contributed by atoms with Crippen molar-refractivity contribution >= 4 is 34.6 Å². The average Bonchev–Trinajstić information content (AvgIpc) is 3.58. The van der Waals surface area contributed by atoms with Crippen molar-refractivity contribution in [2.24, 2.45) is 0 Å². The van der Waals surface area contributed by atoms with Crippen LogP contribution in [0.25, 0.3) is 0 Å². The first-order chi connectivity index (χ1) is 16.6. The Hall–Kier alpha value is -3.82. The van der Waals surface area contributed by atoms with Crippen LogP contribution in [0.1, 0.15) is 25.7 Å². The Morgan fingerprint density at radius 1 is 0.794 bits per heavy atom. The van der Waals surface area contributed by atoms with Crippen LogP contribution in [0.2, 0.25) is 0 Å². The van der Waals surface area contributed by atoms with Gasteiger partial charge in [-0.1, -0.05) is 0 Å². The molecule has 2 aliphatic rings. The fourth-order valence-corrected chi connectivity index (χ4v) is 4.43. The Bertz CT molecular complexity index is 1170. The molecule has 4 N–H and O–H groups in total. The summed E-state index contributed by atoms with van der Waals surface area (Å²) in [5.41, 5.74) is 0.0557. The second-order valence-corrected chi connectivity index (χ2v) is 8.73. The smallest absolute Gasteiger partial charge is 0.253 e. The first-order valence-corrected chi connectivity index (χ1v) is 11.8. The molecule has 0 saturated carbocycles. The number of nitrogens with zero attached hydrogens (tertiary/aromatic N) is 4. The van der Waals surface area contributed by atoms with Crippen LogP contribution < -0.4 is 36.6 Å². The molecule has 0 radical (unpaired) electrons. The Labute approximate surface area is 197 Å². The highest BCUT2D eigenvalue weighted by atomic mass is 16.3. The van der Waals surface area contributed by atoms with Crippen LogP contribution >= 0.6 is 0 Å². The van der Waals surface area contributed by atoms with Gasteiger partial charge in [0.15, 0.2) is 0 Å². The quantitative estimate of drug-likeness (QED) is 0.213. The van der Waals surface area contributed by atoms with Crippen molar-refractivity contribution in [3.05, 3.63) is 50.8 Å². The van der Waals surface area contributed by atoms with Gasteiger partial charge < -0.3 is 30.9 Å². The minimum atomic E-state index is -0.551. The van der Waals surface area contributed by atoms with Crippen molar-refractivity contribution < 1.29 is 5.11 Å². The molecule has 34 heavy (non-hydrogen) atoms. The number of phenolic OH excluding ortho intramolecular Hbond substituents is 1. The van der Waals surface area contributed by atoms with Crippen LogP contribution in [0.15, 0.2) is 39.9 Å². The van der Waals surface area contributed by atoms with Crippen LogP contribution in [-0.4, -0.2) is 54.3 Å². The number of hydrogen-bond donors (Lipinski definition) is 4. The van der Waals surface area contributed by atoms with Gasteiger partial charge in [0.1, 0.15) is 28.8 Å². The number of nitrogens with one attached hydrogen (secondary N) is 3. The van der Waals surface area contributed by atoms with Crippen molar-refractivity contribution in [2.45, 2.75) is 25.7 Å². The van der Waals surface area contributed by atoms with E-state index in [-0.39, 0.29) is 17.1 Å². The largest absolute Gasteiger partial charge is 0.508 e. The van der Waals surface area contributed by atoms with E-state index in [4.69, 9.17) is 9.97 Å². The zero-order valence-electron chi connectivity index (χ0n) is 19.0. The fraction of sp³-hybridized carbons (Fsp3) is 0.417. The van der Waals surface area contributed by atoms with E-state index in [0.29, 0.717) is 18.8 Å². The Morgan fingerprint density at radius 2 is 1.41 bits per heavy atom. The van der Waals surface area contributed by atoms with Crippen molar-refractivity contribution in [3.63, 3.8) is 0 Å². The van der Waals surface area contributed by atoms with E-state index in [1.54, 1.807) is 12.1 Å². The number of benzene rings is 1. The molecular weight excluding hydrogens is 434 g/mol. The Balaban J connectivity index is 1.22. The van der Waals surface area contributed by atoms with E-state index in [2.05, 4.69) is 25.8 Å². The van der Waals surface area contributed by atoms with E-state index in [0.717, 1.165) is 56.6 Å². The molecule has 3 aromatic rings. The standard InChI is InChI=1S/C24H29N7O3/c32-17-7-5-16(6-8-17)27-21-20(22(33)23(21)34)26-10-9-25-18-15-19(30-11-1-2-12-30)29-24(28-18)31-13-3-4-14-31/h5-8,15,26-27,32H,1-4,9-14H2,(H,25,28,29). The Kier molecular flexibility index (Phi) is 6.20. The van der Waals surface area contributed by atoms with Crippen LogP contribution in [0.4, 0.5) is 34.6 Å². The highest BCUT2D eigenvalue weighted by Gasteiger charge is 2.22. The molecule has 178 valence electrons. The predicted molar refractivity (Wildman–Crippen MR) is 135 cm³/mol. The average molecular weight is 464 g/mol. The van der Waals surface area contributed by atoms with E-state index >= 15 is 0 Å². The second kappa shape index (κ2) is 9.58. The molecule has 2 aromatic carbocycles. The molecular formula is C24H29N7O3. The number of rotatable bonds is 9. The summed E-state index contributed by atoms with van der Waals surface area (Å²) in [6, 6.07) is 8.30. The fourth-order valence-electron chi connectivity index (χ4n) is 4.43. The summed E-state index contributed by atoms with van der Waals surface area (Å²) in [7, 11) is 0. The first-order valence-electron chi connectivity index (χ1n) is 11.8. The van der Waals surface area contributed by atoms with Crippen molar-refractivity contribution in [1.82, 2.24) is 9.97 Å². The van der Waals surface area contributed by atoms with Gasteiger partial charge in [0, 0.05) is 51.0 Å². The van der Waals surface area contributed by atoms with E-state index in [1.807, 2.05) is 6.07 Å². The topological polar surface area (TPSA) is 123 Å². The van der Waals surface area contributed by atoms with Crippen molar-refractivity contribution in [1.29, 1.82) is 0 Å². The molecule has 0 unspecified atom stereocenters. The van der Waals surface area contributed by atoms with E-state index in [1.165, 1.54) is 25.0 Å². The summed E-state index contributed by atoms with van der Waals surface area (Å²) in [4.78, 5) is 38.2. The van der Waals surface area contributed by atoms with Crippen molar-refractivity contribution in [3.8, 4) is 5.75 Å². The lowest BCUT2D eigenvalue weighted by Crippen LogP contribution is -2.37.